The third-order valence-corrected chi connectivity index (χ3v) is 8.16. The number of likely N-dealkylation sites (N-methyl/N-ethyl adjacent to an activating group) is 1. The van der Waals surface area contributed by atoms with E-state index in [1.807, 2.05) is 19.1 Å². The summed E-state index contributed by atoms with van der Waals surface area (Å²) >= 11 is 0. The van der Waals surface area contributed by atoms with E-state index in [-0.39, 0.29) is 17.6 Å². The second-order valence-corrected chi connectivity index (χ2v) is 10.7. The van der Waals surface area contributed by atoms with Gasteiger partial charge in [-0.3, -0.25) is 14.5 Å². The fourth-order valence-electron chi connectivity index (χ4n) is 5.66. The van der Waals surface area contributed by atoms with Crippen molar-refractivity contribution < 1.29 is 9.59 Å². The number of aromatic nitrogens is 2. The number of piperazine rings is 1. The molecule has 3 fully saturated rings. The summed E-state index contributed by atoms with van der Waals surface area (Å²) in [5, 5.41) is 6.69. The number of benzene rings is 1. The fourth-order valence-corrected chi connectivity index (χ4v) is 5.66. The van der Waals surface area contributed by atoms with Gasteiger partial charge in [0.15, 0.2) is 17.9 Å². The maximum absolute atomic E-state index is 11.8. The standard InChI is InChI=1S/C29H40N8O2/c1-4-25-28(31-22-18-37(19-22)27(39)5-2)33-29(26(20-38)32-25)30-21-6-8-23(9-7-21)35-12-10-24(11-13-35)36-16-14-34(3)15-17-36/h5-9,20,22,24H,2,4,10-19H2,1,3H3,(H2,30,31,33). The van der Waals surface area contributed by atoms with E-state index in [4.69, 9.17) is 4.98 Å². The van der Waals surface area contributed by atoms with Crippen molar-refractivity contribution in [2.75, 3.05) is 74.9 Å². The molecule has 1 amide bonds. The molecule has 3 saturated heterocycles. The maximum Gasteiger partial charge on any atom is 0.246 e. The number of likely N-dealkylation sites (tertiary alicyclic amines) is 1. The Morgan fingerprint density at radius 3 is 2.33 bits per heavy atom. The van der Waals surface area contributed by atoms with Crippen LogP contribution in [-0.4, -0.2) is 108 Å². The molecule has 208 valence electrons. The minimum absolute atomic E-state index is 0.0728. The average molecular weight is 533 g/mol. The number of hydrogen-bond donors (Lipinski definition) is 2. The second-order valence-electron chi connectivity index (χ2n) is 10.7. The van der Waals surface area contributed by atoms with Gasteiger partial charge >= 0.3 is 0 Å². The lowest BCUT2D eigenvalue weighted by Crippen LogP contribution is -2.56. The molecule has 3 aliphatic heterocycles. The Morgan fingerprint density at radius 1 is 1.03 bits per heavy atom. The van der Waals surface area contributed by atoms with Gasteiger partial charge in [0.05, 0.1) is 11.7 Å². The molecule has 5 rings (SSSR count). The zero-order chi connectivity index (χ0) is 27.4. The van der Waals surface area contributed by atoms with E-state index in [9.17, 15) is 9.59 Å². The minimum atomic E-state index is -0.0728. The molecule has 1 aromatic carbocycles. The number of anilines is 4. The molecule has 0 spiro atoms. The third kappa shape index (κ3) is 6.23. The number of hydrogen-bond acceptors (Lipinski definition) is 9. The summed E-state index contributed by atoms with van der Waals surface area (Å²) in [6, 6.07) is 9.10. The van der Waals surface area contributed by atoms with Gasteiger partial charge in [0, 0.05) is 69.8 Å². The largest absolute Gasteiger partial charge is 0.371 e. The number of aryl methyl sites for hydroxylation is 1. The van der Waals surface area contributed by atoms with Crippen molar-refractivity contribution in [2.45, 2.75) is 38.3 Å². The molecule has 0 radical (unpaired) electrons. The molecule has 10 heteroatoms. The summed E-state index contributed by atoms with van der Waals surface area (Å²) in [7, 11) is 2.21. The minimum Gasteiger partial charge on any atom is -0.371 e. The highest BCUT2D eigenvalue weighted by Gasteiger charge is 2.30. The van der Waals surface area contributed by atoms with E-state index in [2.05, 4.69) is 56.1 Å². The Kier molecular flexibility index (Phi) is 8.42. The Hall–Kier alpha value is -3.50. The van der Waals surface area contributed by atoms with Crippen LogP contribution in [0, 0.1) is 0 Å². The number of nitrogens with one attached hydrogen (secondary N) is 2. The zero-order valence-electron chi connectivity index (χ0n) is 23.1. The van der Waals surface area contributed by atoms with Crippen molar-refractivity contribution in [3.63, 3.8) is 0 Å². The van der Waals surface area contributed by atoms with Gasteiger partial charge in [0.2, 0.25) is 5.91 Å². The van der Waals surface area contributed by atoms with Crippen LogP contribution in [0.1, 0.15) is 35.9 Å². The van der Waals surface area contributed by atoms with Crippen LogP contribution >= 0.6 is 0 Å². The lowest BCUT2D eigenvalue weighted by molar-refractivity contribution is -0.129. The predicted molar refractivity (Wildman–Crippen MR) is 155 cm³/mol. The van der Waals surface area contributed by atoms with Gasteiger partial charge in [-0.15, -0.1) is 0 Å². The highest BCUT2D eigenvalue weighted by Crippen LogP contribution is 2.27. The first-order valence-corrected chi connectivity index (χ1v) is 14.1. The van der Waals surface area contributed by atoms with E-state index in [0.29, 0.717) is 37.2 Å². The molecular weight excluding hydrogens is 492 g/mol. The monoisotopic (exact) mass is 532 g/mol. The van der Waals surface area contributed by atoms with Gasteiger partial charge in [-0.1, -0.05) is 13.5 Å². The van der Waals surface area contributed by atoms with Crippen LogP contribution in [-0.2, 0) is 11.2 Å². The first kappa shape index (κ1) is 27.1. The summed E-state index contributed by atoms with van der Waals surface area (Å²) in [5.41, 5.74) is 3.08. The van der Waals surface area contributed by atoms with Crippen molar-refractivity contribution in [3.05, 3.63) is 48.3 Å². The predicted octanol–water partition coefficient (Wildman–Crippen LogP) is 2.62. The summed E-state index contributed by atoms with van der Waals surface area (Å²) in [4.78, 5) is 42.2. The van der Waals surface area contributed by atoms with Crippen LogP contribution in [0.2, 0.25) is 0 Å². The van der Waals surface area contributed by atoms with Crippen molar-refractivity contribution >= 4 is 35.2 Å². The van der Waals surface area contributed by atoms with Crippen LogP contribution in [0.15, 0.2) is 36.9 Å². The molecule has 3 aliphatic rings. The fraction of sp³-hybridized carbons (Fsp3) is 0.517. The van der Waals surface area contributed by atoms with Gasteiger partial charge in [0.25, 0.3) is 0 Å². The lowest BCUT2D eigenvalue weighted by Gasteiger charge is -2.42. The molecule has 2 N–H and O–H groups in total. The van der Waals surface area contributed by atoms with Gasteiger partial charge in [0.1, 0.15) is 5.69 Å². The molecule has 2 aromatic rings. The number of nitrogens with zero attached hydrogens (tertiary/aromatic N) is 6. The van der Waals surface area contributed by atoms with E-state index in [0.717, 1.165) is 30.8 Å². The summed E-state index contributed by atoms with van der Waals surface area (Å²) < 4.78 is 0. The highest BCUT2D eigenvalue weighted by atomic mass is 16.2. The molecule has 10 nitrogen and oxygen atoms in total. The molecule has 0 unspecified atom stereocenters. The number of aldehydes is 1. The Balaban J connectivity index is 1.20. The number of carbonyl (C=O) groups is 2. The molecule has 0 bridgehead atoms. The first-order chi connectivity index (χ1) is 19.0. The molecular formula is C29H40N8O2. The second kappa shape index (κ2) is 12.1. The average Bonchev–Trinajstić information content (AvgIpc) is 2.95. The molecule has 0 atom stereocenters. The summed E-state index contributed by atoms with van der Waals surface area (Å²) in [6.07, 6.45) is 5.10. The smallest absolute Gasteiger partial charge is 0.246 e. The quantitative estimate of drug-likeness (QED) is 0.373. The van der Waals surface area contributed by atoms with Crippen LogP contribution in [0.3, 0.4) is 0 Å². The van der Waals surface area contributed by atoms with Crippen LogP contribution in [0.4, 0.5) is 23.0 Å². The Bertz CT molecular complexity index is 1160. The van der Waals surface area contributed by atoms with Crippen molar-refractivity contribution in [2.24, 2.45) is 0 Å². The first-order valence-electron chi connectivity index (χ1n) is 14.1. The number of carbonyl (C=O) groups excluding carboxylic acids is 2. The Morgan fingerprint density at radius 2 is 1.72 bits per heavy atom. The lowest BCUT2D eigenvalue weighted by atomic mass is 10.0. The highest BCUT2D eigenvalue weighted by molar-refractivity contribution is 5.88. The topological polar surface area (TPSA) is 96.9 Å². The number of piperidine rings is 1. The number of rotatable bonds is 9. The molecule has 1 aromatic heterocycles. The molecule has 0 aliphatic carbocycles. The van der Waals surface area contributed by atoms with E-state index in [1.54, 1.807) is 4.90 Å². The molecule has 4 heterocycles. The van der Waals surface area contributed by atoms with Crippen LogP contribution < -0.4 is 15.5 Å². The number of amides is 1. The van der Waals surface area contributed by atoms with Crippen LogP contribution in [0.25, 0.3) is 0 Å². The van der Waals surface area contributed by atoms with Gasteiger partial charge in [-0.05, 0) is 56.7 Å². The van der Waals surface area contributed by atoms with E-state index >= 15 is 0 Å². The van der Waals surface area contributed by atoms with Crippen molar-refractivity contribution in [1.29, 1.82) is 0 Å². The maximum atomic E-state index is 11.8. The van der Waals surface area contributed by atoms with Crippen molar-refractivity contribution in [1.82, 2.24) is 24.7 Å². The van der Waals surface area contributed by atoms with Crippen LogP contribution in [0.5, 0.6) is 0 Å². The summed E-state index contributed by atoms with van der Waals surface area (Å²) in [6.45, 7) is 13.5. The van der Waals surface area contributed by atoms with E-state index < -0.39 is 0 Å². The van der Waals surface area contributed by atoms with Gasteiger partial charge < -0.3 is 25.3 Å². The zero-order valence-corrected chi connectivity index (χ0v) is 23.1. The SMILES string of the molecule is C=CC(=O)N1CC(Nc2nc(Nc3ccc(N4CCC(N5CCN(C)CC5)CC4)cc3)c(C=O)nc2CC)C1. The van der Waals surface area contributed by atoms with Crippen molar-refractivity contribution in [3.8, 4) is 0 Å². The summed E-state index contributed by atoms with van der Waals surface area (Å²) in [5.74, 6) is 0.987. The van der Waals surface area contributed by atoms with Gasteiger partial charge in [-0.2, -0.15) is 0 Å². The Labute approximate surface area is 231 Å². The third-order valence-electron chi connectivity index (χ3n) is 8.16. The molecule has 39 heavy (non-hydrogen) atoms. The molecule has 0 saturated carbocycles. The van der Waals surface area contributed by atoms with Gasteiger partial charge in [-0.25, -0.2) is 9.97 Å². The van der Waals surface area contributed by atoms with E-state index in [1.165, 1.54) is 50.8 Å². The normalized spacial score (nSPS) is 19.4.